The van der Waals surface area contributed by atoms with Crippen molar-refractivity contribution < 1.29 is 4.79 Å². The molecule has 5 nitrogen and oxygen atoms in total. The van der Waals surface area contributed by atoms with E-state index in [0.29, 0.717) is 0 Å². The van der Waals surface area contributed by atoms with Crippen molar-refractivity contribution in [1.82, 2.24) is 14.4 Å². The summed E-state index contributed by atoms with van der Waals surface area (Å²) in [5, 5.41) is 4.19. The van der Waals surface area contributed by atoms with Crippen LogP contribution in [0.2, 0.25) is 0 Å². The fourth-order valence-corrected chi connectivity index (χ4v) is 3.07. The molecule has 0 atom stereocenters. The molecule has 118 valence electrons. The molecule has 3 rings (SSSR count). The molecular weight excluding hydrogens is 276 g/mol. The first kappa shape index (κ1) is 14.9. The first-order valence-corrected chi connectivity index (χ1v) is 8.09. The third-order valence-electron chi connectivity index (χ3n) is 4.48. The molecule has 1 aliphatic heterocycles. The molecule has 22 heavy (non-hydrogen) atoms. The number of aromatic nitrogens is 1. The maximum absolute atomic E-state index is 12.5. The van der Waals surface area contributed by atoms with E-state index in [-0.39, 0.29) is 6.03 Å². The van der Waals surface area contributed by atoms with Gasteiger partial charge in [0.2, 0.25) is 0 Å². The summed E-state index contributed by atoms with van der Waals surface area (Å²) in [6.07, 6.45) is 2.03. The van der Waals surface area contributed by atoms with E-state index >= 15 is 0 Å². The topological polar surface area (TPSA) is 40.5 Å². The number of carbonyl (C=O) groups excluding carboxylic acids is 1. The van der Waals surface area contributed by atoms with Crippen LogP contribution in [0, 0.1) is 0 Å². The number of carbonyl (C=O) groups is 1. The van der Waals surface area contributed by atoms with E-state index < -0.39 is 0 Å². The highest BCUT2D eigenvalue weighted by Crippen LogP contribution is 2.26. The van der Waals surface area contributed by atoms with Gasteiger partial charge < -0.3 is 19.7 Å². The average molecular weight is 300 g/mol. The molecule has 1 N–H and O–H groups in total. The second kappa shape index (κ2) is 6.40. The Labute approximate surface area is 131 Å². The standard InChI is InChI=1S/C17H24N4O/c1-3-19-9-11-21(12-10-19)17(22)18-15-13-20(4-2)16-8-6-5-7-14(15)16/h5-8,13H,3-4,9-12H2,1-2H3,(H,18,22). The van der Waals surface area contributed by atoms with E-state index in [0.717, 1.165) is 55.9 Å². The van der Waals surface area contributed by atoms with Crippen LogP contribution in [0.5, 0.6) is 0 Å². The Morgan fingerprint density at radius 1 is 1.09 bits per heavy atom. The molecule has 0 saturated carbocycles. The molecule has 0 spiro atoms. The van der Waals surface area contributed by atoms with E-state index in [1.54, 1.807) is 0 Å². The van der Waals surface area contributed by atoms with Crippen LogP contribution in [-0.2, 0) is 6.54 Å². The molecule has 1 fully saturated rings. The number of hydrogen-bond donors (Lipinski definition) is 1. The van der Waals surface area contributed by atoms with Gasteiger partial charge in [-0.15, -0.1) is 0 Å². The summed E-state index contributed by atoms with van der Waals surface area (Å²) >= 11 is 0. The molecule has 0 radical (unpaired) electrons. The summed E-state index contributed by atoms with van der Waals surface area (Å²) in [5.74, 6) is 0. The van der Waals surface area contributed by atoms with Crippen molar-refractivity contribution in [1.29, 1.82) is 0 Å². The largest absolute Gasteiger partial charge is 0.346 e. The first-order chi connectivity index (χ1) is 10.7. The molecule has 1 saturated heterocycles. The van der Waals surface area contributed by atoms with Crippen molar-refractivity contribution in [2.24, 2.45) is 0 Å². The van der Waals surface area contributed by atoms with Gasteiger partial charge in [0.1, 0.15) is 0 Å². The Hall–Kier alpha value is -2.01. The monoisotopic (exact) mass is 300 g/mol. The Morgan fingerprint density at radius 2 is 1.82 bits per heavy atom. The third kappa shape index (κ3) is 2.81. The van der Waals surface area contributed by atoms with Gasteiger partial charge in [-0.1, -0.05) is 25.1 Å². The second-order valence-electron chi connectivity index (χ2n) is 5.70. The molecule has 1 aliphatic rings. The van der Waals surface area contributed by atoms with Crippen LogP contribution in [0.3, 0.4) is 0 Å². The highest BCUT2D eigenvalue weighted by Gasteiger charge is 2.21. The van der Waals surface area contributed by atoms with Crippen LogP contribution in [0.15, 0.2) is 30.5 Å². The molecule has 1 aromatic carbocycles. The fraction of sp³-hybridized carbons (Fsp3) is 0.471. The number of nitrogens with zero attached hydrogens (tertiary/aromatic N) is 3. The van der Waals surface area contributed by atoms with Gasteiger partial charge in [0.05, 0.1) is 11.2 Å². The molecule has 5 heteroatoms. The van der Waals surface area contributed by atoms with Crippen LogP contribution in [0.1, 0.15) is 13.8 Å². The van der Waals surface area contributed by atoms with Gasteiger partial charge in [0.25, 0.3) is 0 Å². The molecule has 2 heterocycles. The summed E-state index contributed by atoms with van der Waals surface area (Å²) < 4.78 is 2.17. The lowest BCUT2D eigenvalue weighted by molar-refractivity contribution is 0.151. The molecule has 2 amide bonds. The Bertz CT molecular complexity index is 656. The number of hydrogen-bond acceptors (Lipinski definition) is 2. The van der Waals surface area contributed by atoms with Gasteiger partial charge in [-0.3, -0.25) is 0 Å². The number of amides is 2. The smallest absolute Gasteiger partial charge is 0.321 e. The van der Waals surface area contributed by atoms with Crippen molar-refractivity contribution in [3.05, 3.63) is 30.5 Å². The Kier molecular flexibility index (Phi) is 4.34. The third-order valence-corrected chi connectivity index (χ3v) is 4.48. The van der Waals surface area contributed by atoms with Crippen LogP contribution in [0.25, 0.3) is 10.9 Å². The van der Waals surface area contributed by atoms with E-state index in [9.17, 15) is 4.79 Å². The highest BCUT2D eigenvalue weighted by atomic mass is 16.2. The predicted octanol–water partition coefficient (Wildman–Crippen LogP) is 2.83. The number of piperazine rings is 1. The maximum Gasteiger partial charge on any atom is 0.321 e. The summed E-state index contributed by atoms with van der Waals surface area (Å²) in [6, 6.07) is 8.21. The Balaban J connectivity index is 1.74. The number of aryl methyl sites for hydroxylation is 1. The summed E-state index contributed by atoms with van der Waals surface area (Å²) in [5.41, 5.74) is 2.07. The quantitative estimate of drug-likeness (QED) is 0.947. The van der Waals surface area contributed by atoms with Gasteiger partial charge in [0, 0.05) is 44.3 Å². The summed E-state index contributed by atoms with van der Waals surface area (Å²) in [4.78, 5) is 16.8. The number of anilines is 1. The summed E-state index contributed by atoms with van der Waals surface area (Å²) in [6.45, 7) is 9.74. The van der Waals surface area contributed by atoms with E-state index in [4.69, 9.17) is 0 Å². The lowest BCUT2D eigenvalue weighted by Crippen LogP contribution is -2.49. The average Bonchev–Trinajstić information content (AvgIpc) is 2.93. The zero-order chi connectivity index (χ0) is 15.5. The SMILES string of the molecule is CCN1CCN(C(=O)Nc2cn(CC)c3ccccc23)CC1. The van der Waals surface area contributed by atoms with E-state index in [2.05, 4.69) is 40.8 Å². The molecule has 0 unspecified atom stereocenters. The van der Waals surface area contributed by atoms with E-state index in [1.807, 2.05) is 23.2 Å². The zero-order valence-electron chi connectivity index (χ0n) is 13.4. The van der Waals surface area contributed by atoms with Crippen molar-refractivity contribution in [3.63, 3.8) is 0 Å². The van der Waals surface area contributed by atoms with Crippen LogP contribution in [-0.4, -0.2) is 53.1 Å². The minimum Gasteiger partial charge on any atom is -0.346 e. The maximum atomic E-state index is 12.5. The fourth-order valence-electron chi connectivity index (χ4n) is 3.07. The van der Waals surface area contributed by atoms with Crippen LogP contribution >= 0.6 is 0 Å². The van der Waals surface area contributed by atoms with Gasteiger partial charge in [-0.05, 0) is 19.5 Å². The molecule has 1 aromatic heterocycles. The van der Waals surface area contributed by atoms with Gasteiger partial charge in [0.15, 0.2) is 0 Å². The molecule has 0 bridgehead atoms. The number of urea groups is 1. The zero-order valence-corrected chi connectivity index (χ0v) is 13.4. The van der Waals surface area contributed by atoms with Crippen molar-refractivity contribution >= 4 is 22.6 Å². The summed E-state index contributed by atoms with van der Waals surface area (Å²) in [7, 11) is 0. The molecule has 0 aliphatic carbocycles. The lowest BCUT2D eigenvalue weighted by atomic mass is 10.2. The van der Waals surface area contributed by atoms with Crippen molar-refractivity contribution in [3.8, 4) is 0 Å². The van der Waals surface area contributed by atoms with Crippen LogP contribution in [0.4, 0.5) is 10.5 Å². The second-order valence-corrected chi connectivity index (χ2v) is 5.70. The highest BCUT2D eigenvalue weighted by molar-refractivity contribution is 6.01. The minimum atomic E-state index is 0.00904. The lowest BCUT2D eigenvalue weighted by Gasteiger charge is -2.33. The van der Waals surface area contributed by atoms with Crippen molar-refractivity contribution in [2.45, 2.75) is 20.4 Å². The number of para-hydroxylation sites is 1. The van der Waals surface area contributed by atoms with Crippen LogP contribution < -0.4 is 5.32 Å². The first-order valence-electron chi connectivity index (χ1n) is 8.09. The normalized spacial score (nSPS) is 16.2. The predicted molar refractivity (Wildman–Crippen MR) is 90.3 cm³/mol. The van der Waals surface area contributed by atoms with E-state index in [1.165, 1.54) is 0 Å². The van der Waals surface area contributed by atoms with Gasteiger partial charge >= 0.3 is 6.03 Å². The number of benzene rings is 1. The van der Waals surface area contributed by atoms with Gasteiger partial charge in [-0.2, -0.15) is 0 Å². The number of fused-ring (bicyclic) bond motifs is 1. The number of rotatable bonds is 3. The minimum absolute atomic E-state index is 0.00904. The van der Waals surface area contributed by atoms with Gasteiger partial charge in [-0.25, -0.2) is 4.79 Å². The molecule has 2 aromatic rings. The number of nitrogens with one attached hydrogen (secondary N) is 1. The van der Waals surface area contributed by atoms with Crippen molar-refractivity contribution in [2.75, 3.05) is 38.0 Å². The number of likely N-dealkylation sites (N-methyl/N-ethyl adjacent to an activating group) is 1. The Morgan fingerprint density at radius 3 is 2.50 bits per heavy atom. The molecular formula is C17H24N4O.